The van der Waals surface area contributed by atoms with Gasteiger partial charge in [-0.1, -0.05) is 17.7 Å². The molecule has 0 aliphatic rings. The first kappa shape index (κ1) is 18.8. The van der Waals surface area contributed by atoms with E-state index in [0.717, 1.165) is 35.6 Å². The first-order valence-electron chi connectivity index (χ1n) is 8.91. The molecule has 0 aliphatic carbocycles. The highest BCUT2D eigenvalue weighted by atomic mass is 16.1. The number of nitrogens with zero attached hydrogens (tertiary/aromatic N) is 1. The molecular weight excluding hydrogens is 310 g/mol. The number of rotatable bonds is 7. The van der Waals surface area contributed by atoms with Gasteiger partial charge in [-0.15, -0.1) is 0 Å². The third-order valence-electron chi connectivity index (χ3n) is 4.39. The molecule has 0 saturated carbocycles. The van der Waals surface area contributed by atoms with E-state index in [4.69, 9.17) is 0 Å². The van der Waals surface area contributed by atoms with E-state index in [0.29, 0.717) is 0 Å². The van der Waals surface area contributed by atoms with Gasteiger partial charge in [0.1, 0.15) is 0 Å². The van der Waals surface area contributed by atoms with Crippen LogP contribution in [0.1, 0.15) is 30.5 Å². The van der Waals surface area contributed by atoms with Crippen LogP contribution in [-0.2, 0) is 4.79 Å². The number of carbonyl (C=O) groups excluding carboxylic acids is 1. The summed E-state index contributed by atoms with van der Waals surface area (Å²) in [6.07, 6.45) is 0. The Morgan fingerprint density at radius 2 is 1.52 bits per heavy atom. The van der Waals surface area contributed by atoms with Gasteiger partial charge in [-0.3, -0.25) is 4.79 Å². The van der Waals surface area contributed by atoms with E-state index < -0.39 is 0 Å². The highest BCUT2D eigenvalue weighted by molar-refractivity contribution is 5.95. The lowest BCUT2D eigenvalue weighted by atomic mass is 10.1. The Morgan fingerprint density at radius 3 is 2.04 bits per heavy atom. The minimum atomic E-state index is -0.0390. The molecule has 134 valence electrons. The molecule has 1 amide bonds. The zero-order chi connectivity index (χ0) is 18.4. The van der Waals surface area contributed by atoms with Crippen molar-refractivity contribution >= 4 is 23.0 Å². The normalized spacial score (nSPS) is 10.4. The summed E-state index contributed by atoms with van der Waals surface area (Å²) in [5, 5.41) is 6.20. The van der Waals surface area contributed by atoms with Crippen LogP contribution in [0.25, 0.3) is 0 Å². The van der Waals surface area contributed by atoms with Crippen molar-refractivity contribution in [2.75, 3.05) is 35.2 Å². The molecule has 0 heterocycles. The summed E-state index contributed by atoms with van der Waals surface area (Å²) < 4.78 is 0. The van der Waals surface area contributed by atoms with E-state index in [-0.39, 0.29) is 12.5 Å². The highest BCUT2D eigenvalue weighted by Crippen LogP contribution is 2.22. The molecule has 2 N–H and O–H groups in total. The van der Waals surface area contributed by atoms with Crippen molar-refractivity contribution in [1.82, 2.24) is 0 Å². The van der Waals surface area contributed by atoms with Crippen LogP contribution < -0.4 is 15.5 Å². The van der Waals surface area contributed by atoms with Gasteiger partial charge in [0.05, 0.1) is 6.54 Å². The third-order valence-corrected chi connectivity index (χ3v) is 4.39. The molecule has 0 spiro atoms. The predicted molar refractivity (Wildman–Crippen MR) is 108 cm³/mol. The Labute approximate surface area is 151 Å². The largest absolute Gasteiger partial charge is 0.376 e. The maximum Gasteiger partial charge on any atom is 0.243 e. The Hall–Kier alpha value is -2.49. The Balaban J connectivity index is 1.94. The number of anilines is 3. The van der Waals surface area contributed by atoms with Gasteiger partial charge in [0.15, 0.2) is 0 Å². The number of nitrogens with one attached hydrogen (secondary N) is 2. The van der Waals surface area contributed by atoms with Gasteiger partial charge < -0.3 is 15.5 Å². The lowest BCUT2D eigenvalue weighted by Gasteiger charge is -2.21. The van der Waals surface area contributed by atoms with E-state index >= 15 is 0 Å². The van der Waals surface area contributed by atoms with Gasteiger partial charge in [0.25, 0.3) is 0 Å². The fourth-order valence-corrected chi connectivity index (χ4v) is 3.12. The van der Waals surface area contributed by atoms with Crippen molar-refractivity contribution < 1.29 is 4.79 Å². The van der Waals surface area contributed by atoms with Gasteiger partial charge in [-0.25, -0.2) is 0 Å². The zero-order valence-electron chi connectivity index (χ0n) is 15.9. The standard InChI is InChI=1S/C21H29N3O/c1-6-24(7-2)19-10-8-18(9-11-19)22-14-20(25)23-21-16(4)12-15(3)13-17(21)5/h8-13,22H,6-7,14H2,1-5H3,(H,23,25). The molecule has 0 saturated heterocycles. The third kappa shape index (κ3) is 4.99. The van der Waals surface area contributed by atoms with Crippen LogP contribution in [0.2, 0.25) is 0 Å². The summed E-state index contributed by atoms with van der Waals surface area (Å²) in [6, 6.07) is 12.4. The lowest BCUT2D eigenvalue weighted by Crippen LogP contribution is -2.23. The Morgan fingerprint density at radius 1 is 0.960 bits per heavy atom. The fourth-order valence-electron chi connectivity index (χ4n) is 3.12. The quantitative estimate of drug-likeness (QED) is 0.780. The molecule has 2 rings (SSSR count). The second kappa shape index (κ2) is 8.56. The zero-order valence-corrected chi connectivity index (χ0v) is 15.9. The molecule has 0 fully saturated rings. The number of amides is 1. The maximum absolute atomic E-state index is 12.3. The molecular formula is C21H29N3O. The average Bonchev–Trinajstić information content (AvgIpc) is 2.58. The molecule has 4 heteroatoms. The van der Waals surface area contributed by atoms with Gasteiger partial charge >= 0.3 is 0 Å². The van der Waals surface area contributed by atoms with Crippen LogP contribution >= 0.6 is 0 Å². The first-order chi connectivity index (χ1) is 11.9. The number of aryl methyl sites for hydroxylation is 3. The van der Waals surface area contributed by atoms with Gasteiger partial charge in [-0.05, 0) is 70.0 Å². The van der Waals surface area contributed by atoms with Gasteiger partial charge in [-0.2, -0.15) is 0 Å². The summed E-state index contributed by atoms with van der Waals surface area (Å²) in [5.41, 5.74) is 6.45. The Kier molecular flexibility index (Phi) is 6.45. The molecule has 0 aromatic heterocycles. The van der Waals surface area contributed by atoms with Gasteiger partial charge in [0.2, 0.25) is 5.91 Å². The van der Waals surface area contributed by atoms with Crippen molar-refractivity contribution in [2.24, 2.45) is 0 Å². The van der Waals surface area contributed by atoms with E-state index in [1.165, 1.54) is 11.3 Å². The van der Waals surface area contributed by atoms with Crippen LogP contribution in [0.4, 0.5) is 17.1 Å². The first-order valence-corrected chi connectivity index (χ1v) is 8.91. The molecule has 2 aromatic carbocycles. The van der Waals surface area contributed by atoms with Crippen LogP contribution in [-0.4, -0.2) is 25.5 Å². The van der Waals surface area contributed by atoms with Crippen molar-refractivity contribution in [3.63, 3.8) is 0 Å². The van der Waals surface area contributed by atoms with Crippen LogP contribution in [0, 0.1) is 20.8 Å². The predicted octanol–water partition coefficient (Wildman–Crippen LogP) is 4.51. The van der Waals surface area contributed by atoms with E-state index in [1.54, 1.807) is 0 Å². The summed E-state index contributed by atoms with van der Waals surface area (Å²) in [6.45, 7) is 12.6. The molecule has 25 heavy (non-hydrogen) atoms. The molecule has 0 atom stereocenters. The van der Waals surface area contributed by atoms with Crippen molar-refractivity contribution in [2.45, 2.75) is 34.6 Å². The smallest absolute Gasteiger partial charge is 0.243 e. The fraction of sp³-hybridized carbons (Fsp3) is 0.381. The molecule has 0 bridgehead atoms. The van der Waals surface area contributed by atoms with Crippen molar-refractivity contribution in [3.05, 3.63) is 53.1 Å². The monoisotopic (exact) mass is 339 g/mol. The summed E-state index contributed by atoms with van der Waals surface area (Å²) in [7, 11) is 0. The second-order valence-corrected chi connectivity index (χ2v) is 6.39. The molecule has 0 aliphatic heterocycles. The van der Waals surface area contributed by atoms with Gasteiger partial charge in [0, 0.05) is 30.2 Å². The SMILES string of the molecule is CCN(CC)c1ccc(NCC(=O)Nc2c(C)cc(C)cc2C)cc1. The molecule has 2 aromatic rings. The maximum atomic E-state index is 12.3. The van der Waals surface area contributed by atoms with E-state index in [9.17, 15) is 4.79 Å². The Bertz CT molecular complexity index is 695. The summed E-state index contributed by atoms with van der Waals surface area (Å²) in [5.74, 6) is -0.0390. The topological polar surface area (TPSA) is 44.4 Å². The number of hydrogen-bond acceptors (Lipinski definition) is 3. The van der Waals surface area contributed by atoms with Crippen LogP contribution in [0.15, 0.2) is 36.4 Å². The minimum absolute atomic E-state index is 0.0390. The van der Waals surface area contributed by atoms with E-state index in [2.05, 4.69) is 60.6 Å². The number of carbonyl (C=O) groups is 1. The number of hydrogen-bond donors (Lipinski definition) is 2. The minimum Gasteiger partial charge on any atom is -0.376 e. The summed E-state index contributed by atoms with van der Waals surface area (Å²) in [4.78, 5) is 14.6. The second-order valence-electron chi connectivity index (χ2n) is 6.39. The van der Waals surface area contributed by atoms with Crippen LogP contribution in [0.3, 0.4) is 0 Å². The lowest BCUT2D eigenvalue weighted by molar-refractivity contribution is -0.114. The number of benzene rings is 2. The highest BCUT2D eigenvalue weighted by Gasteiger charge is 2.08. The molecule has 0 unspecified atom stereocenters. The average molecular weight is 339 g/mol. The molecule has 4 nitrogen and oxygen atoms in total. The summed E-state index contributed by atoms with van der Waals surface area (Å²) >= 11 is 0. The van der Waals surface area contributed by atoms with E-state index in [1.807, 2.05) is 26.0 Å². The van der Waals surface area contributed by atoms with Crippen molar-refractivity contribution in [1.29, 1.82) is 0 Å². The molecule has 0 radical (unpaired) electrons. The van der Waals surface area contributed by atoms with Crippen molar-refractivity contribution in [3.8, 4) is 0 Å². The van der Waals surface area contributed by atoms with Crippen LogP contribution in [0.5, 0.6) is 0 Å².